The molecule has 9 rings (SSSR count). The molecule has 0 spiro atoms. The summed E-state index contributed by atoms with van der Waals surface area (Å²) in [6.07, 6.45) is 0. The van der Waals surface area contributed by atoms with Gasteiger partial charge in [-0.3, -0.25) is 0 Å². The summed E-state index contributed by atoms with van der Waals surface area (Å²) in [5.41, 5.74) is 21.1. The van der Waals surface area contributed by atoms with Crippen LogP contribution in [0.2, 0.25) is 0 Å². The van der Waals surface area contributed by atoms with Crippen LogP contribution in [0.1, 0.15) is 36.1 Å². The Morgan fingerprint density at radius 3 is 1.35 bits per heavy atom. The van der Waals surface area contributed by atoms with Crippen LogP contribution in [-0.2, 0) is 5.41 Å². The highest BCUT2D eigenvalue weighted by Crippen LogP contribution is 2.51. The Labute approximate surface area is 319 Å². The van der Waals surface area contributed by atoms with Crippen LogP contribution >= 0.6 is 0 Å². The fraction of sp³-hybridized carbons (Fsp3) is 0.0943. The van der Waals surface area contributed by atoms with Gasteiger partial charge in [-0.05, 0) is 128 Å². The molecule has 260 valence electrons. The number of rotatable bonds is 7. The lowest BCUT2D eigenvalue weighted by Gasteiger charge is -2.30. The number of benzene rings is 8. The minimum Gasteiger partial charge on any atom is -0.310 e. The van der Waals surface area contributed by atoms with Crippen molar-refractivity contribution in [2.45, 2.75) is 33.1 Å². The number of aryl methyl sites for hydroxylation is 2. The van der Waals surface area contributed by atoms with Crippen LogP contribution in [0.4, 0.5) is 17.1 Å². The van der Waals surface area contributed by atoms with Crippen molar-refractivity contribution in [3.05, 3.63) is 210 Å². The van der Waals surface area contributed by atoms with E-state index in [-0.39, 0.29) is 5.41 Å². The molecular formula is C53H43N. The van der Waals surface area contributed by atoms with Crippen molar-refractivity contribution in [2.24, 2.45) is 0 Å². The Kier molecular flexibility index (Phi) is 8.36. The lowest BCUT2D eigenvalue weighted by atomic mass is 9.82. The maximum atomic E-state index is 2.45. The molecule has 0 heterocycles. The summed E-state index contributed by atoms with van der Waals surface area (Å²) in [7, 11) is 0. The summed E-state index contributed by atoms with van der Waals surface area (Å²) in [4.78, 5) is 2.45. The molecule has 54 heavy (non-hydrogen) atoms. The van der Waals surface area contributed by atoms with E-state index in [0.29, 0.717) is 0 Å². The monoisotopic (exact) mass is 693 g/mol. The fourth-order valence-corrected chi connectivity index (χ4v) is 8.37. The first-order valence-corrected chi connectivity index (χ1v) is 18.9. The summed E-state index contributed by atoms with van der Waals surface area (Å²) >= 11 is 0. The predicted molar refractivity (Wildman–Crippen MR) is 230 cm³/mol. The first kappa shape index (κ1) is 33.4. The van der Waals surface area contributed by atoms with Crippen LogP contribution < -0.4 is 4.90 Å². The maximum Gasteiger partial charge on any atom is 0.0493 e. The molecule has 0 saturated carbocycles. The summed E-state index contributed by atoms with van der Waals surface area (Å²) in [5.74, 6) is 0. The third-order valence-electron chi connectivity index (χ3n) is 11.4. The van der Waals surface area contributed by atoms with Gasteiger partial charge in [-0.1, -0.05) is 166 Å². The van der Waals surface area contributed by atoms with Gasteiger partial charge in [0.05, 0.1) is 0 Å². The van der Waals surface area contributed by atoms with Crippen molar-refractivity contribution in [3.63, 3.8) is 0 Å². The van der Waals surface area contributed by atoms with Crippen LogP contribution in [0.15, 0.2) is 188 Å². The van der Waals surface area contributed by atoms with Crippen LogP contribution in [0.25, 0.3) is 55.6 Å². The zero-order chi connectivity index (χ0) is 36.8. The zero-order valence-corrected chi connectivity index (χ0v) is 31.3. The van der Waals surface area contributed by atoms with Crippen molar-refractivity contribution in [2.75, 3.05) is 4.90 Å². The van der Waals surface area contributed by atoms with E-state index < -0.39 is 0 Å². The van der Waals surface area contributed by atoms with Crippen molar-refractivity contribution >= 4 is 17.1 Å². The van der Waals surface area contributed by atoms with E-state index in [9.17, 15) is 0 Å². The standard InChI is InChI=1S/C53H43N/c1-36-34-52(37(2)33-49(36)44-25-23-41(24-26-44)39-15-9-6-10-16-39)54(46-31-32-48-47-17-11-12-18-50(47)53(3,4)51(48)35-46)45-29-27-43(28-30-45)42-21-19-40(20-22-42)38-13-7-5-8-14-38/h5-35H,1-4H3. The van der Waals surface area contributed by atoms with Gasteiger partial charge >= 0.3 is 0 Å². The van der Waals surface area contributed by atoms with Crippen molar-refractivity contribution < 1.29 is 0 Å². The molecule has 1 aliphatic carbocycles. The smallest absolute Gasteiger partial charge is 0.0493 e. The number of anilines is 3. The van der Waals surface area contributed by atoms with Gasteiger partial charge in [-0.2, -0.15) is 0 Å². The summed E-state index contributed by atoms with van der Waals surface area (Å²) in [6.45, 7) is 9.21. The molecule has 0 radical (unpaired) electrons. The third kappa shape index (κ3) is 5.93. The molecule has 0 bridgehead atoms. The lowest BCUT2D eigenvalue weighted by Crippen LogP contribution is -2.17. The van der Waals surface area contributed by atoms with Crippen LogP contribution in [0.3, 0.4) is 0 Å². The van der Waals surface area contributed by atoms with Crippen molar-refractivity contribution in [3.8, 4) is 55.6 Å². The first-order chi connectivity index (χ1) is 26.3. The van der Waals surface area contributed by atoms with E-state index >= 15 is 0 Å². The molecule has 0 fully saturated rings. The summed E-state index contributed by atoms with van der Waals surface area (Å²) < 4.78 is 0. The van der Waals surface area contributed by atoms with Gasteiger partial charge < -0.3 is 4.90 Å². The average molecular weight is 694 g/mol. The third-order valence-corrected chi connectivity index (χ3v) is 11.4. The minimum absolute atomic E-state index is 0.0931. The van der Waals surface area contributed by atoms with Crippen LogP contribution in [0.5, 0.6) is 0 Å². The van der Waals surface area contributed by atoms with Gasteiger partial charge in [-0.25, -0.2) is 0 Å². The predicted octanol–water partition coefficient (Wildman–Crippen LogP) is 14.7. The number of hydrogen-bond donors (Lipinski definition) is 0. The largest absolute Gasteiger partial charge is 0.310 e. The normalized spacial score (nSPS) is 12.6. The highest BCUT2D eigenvalue weighted by atomic mass is 15.1. The van der Waals surface area contributed by atoms with Gasteiger partial charge in [-0.15, -0.1) is 0 Å². The molecule has 0 saturated heterocycles. The van der Waals surface area contributed by atoms with Gasteiger partial charge in [0, 0.05) is 22.5 Å². The molecule has 0 aromatic heterocycles. The van der Waals surface area contributed by atoms with E-state index in [1.165, 1.54) is 83.6 Å². The Morgan fingerprint density at radius 2 is 0.778 bits per heavy atom. The lowest BCUT2D eigenvalue weighted by molar-refractivity contribution is 0.660. The molecule has 8 aromatic rings. The molecule has 0 aliphatic heterocycles. The van der Waals surface area contributed by atoms with Crippen LogP contribution in [-0.4, -0.2) is 0 Å². The summed E-state index contributed by atoms with van der Waals surface area (Å²) in [5, 5.41) is 0. The zero-order valence-electron chi connectivity index (χ0n) is 31.3. The van der Waals surface area contributed by atoms with E-state index in [4.69, 9.17) is 0 Å². The SMILES string of the molecule is Cc1cc(N(c2ccc(-c3ccc(-c4ccccc4)cc3)cc2)c2ccc3c(c2)C(C)(C)c2ccccc2-3)c(C)cc1-c1ccc(-c2ccccc2)cc1. The highest BCUT2D eigenvalue weighted by molar-refractivity contribution is 5.88. The van der Waals surface area contributed by atoms with Gasteiger partial charge in [0.2, 0.25) is 0 Å². The first-order valence-electron chi connectivity index (χ1n) is 18.9. The Hall–Kier alpha value is -6.44. The second-order valence-electron chi connectivity index (χ2n) is 15.1. The van der Waals surface area contributed by atoms with E-state index in [0.717, 1.165) is 11.4 Å². The van der Waals surface area contributed by atoms with Crippen molar-refractivity contribution in [1.82, 2.24) is 0 Å². The summed E-state index contributed by atoms with van der Waals surface area (Å²) in [6, 6.07) is 68.8. The quantitative estimate of drug-likeness (QED) is 0.161. The highest BCUT2D eigenvalue weighted by Gasteiger charge is 2.35. The van der Waals surface area contributed by atoms with Crippen molar-refractivity contribution in [1.29, 1.82) is 0 Å². The molecule has 0 N–H and O–H groups in total. The molecule has 0 atom stereocenters. The number of hydrogen-bond acceptors (Lipinski definition) is 1. The molecule has 1 heteroatoms. The molecule has 1 nitrogen and oxygen atoms in total. The maximum absolute atomic E-state index is 2.45. The number of nitrogens with zero attached hydrogens (tertiary/aromatic N) is 1. The second-order valence-corrected chi connectivity index (χ2v) is 15.1. The van der Waals surface area contributed by atoms with Gasteiger partial charge in [0.15, 0.2) is 0 Å². The molecule has 1 aliphatic rings. The Bertz CT molecular complexity index is 2600. The molecule has 8 aromatic carbocycles. The van der Waals surface area contributed by atoms with E-state index in [1.807, 2.05) is 0 Å². The average Bonchev–Trinajstić information content (AvgIpc) is 3.45. The Balaban J connectivity index is 1.11. The molecule has 0 unspecified atom stereocenters. The molecular weight excluding hydrogens is 651 g/mol. The fourth-order valence-electron chi connectivity index (χ4n) is 8.37. The topological polar surface area (TPSA) is 3.24 Å². The van der Waals surface area contributed by atoms with Crippen LogP contribution in [0, 0.1) is 13.8 Å². The molecule has 0 amide bonds. The van der Waals surface area contributed by atoms with E-state index in [2.05, 4.69) is 221 Å². The minimum atomic E-state index is -0.0931. The number of fused-ring (bicyclic) bond motifs is 3. The second kappa shape index (κ2) is 13.5. The van der Waals surface area contributed by atoms with E-state index in [1.54, 1.807) is 0 Å². The van der Waals surface area contributed by atoms with Gasteiger partial charge in [0.1, 0.15) is 0 Å². The van der Waals surface area contributed by atoms with Gasteiger partial charge in [0.25, 0.3) is 0 Å². The Morgan fingerprint density at radius 1 is 0.333 bits per heavy atom.